The highest BCUT2D eigenvalue weighted by atomic mass is 16.6. The molecule has 3 aliphatic heterocycles. The number of aliphatic hydroxyl groups is 1. The van der Waals surface area contributed by atoms with E-state index in [0.717, 1.165) is 127 Å². The molecule has 4 fully saturated rings. The molecule has 2 aliphatic carbocycles. The topological polar surface area (TPSA) is 142 Å². The van der Waals surface area contributed by atoms with Crippen LogP contribution in [0.3, 0.4) is 0 Å². The molecule has 3 aromatic carbocycles. The molecule has 8 rings (SSSR count). The van der Waals surface area contributed by atoms with Crippen molar-refractivity contribution >= 4 is 23.7 Å². The van der Waals surface area contributed by atoms with Crippen LogP contribution < -0.4 is 10.6 Å². The quantitative estimate of drug-likeness (QED) is 0.220. The number of rotatable bonds is 11. The minimum atomic E-state index is -0.968. The van der Waals surface area contributed by atoms with E-state index >= 15 is 0 Å². The average Bonchev–Trinajstić information content (AvgIpc) is 3.58. The van der Waals surface area contributed by atoms with Gasteiger partial charge in [-0.25, -0.2) is 9.79 Å². The van der Waals surface area contributed by atoms with Gasteiger partial charge in [0, 0.05) is 50.4 Å². The Hall–Kier alpha value is -4.46. The Balaban J connectivity index is 0.000000187. The number of carbonyl (C=O) groups excluding carboxylic acids is 3. The predicted molar refractivity (Wildman–Crippen MR) is 221 cm³/mol. The van der Waals surface area contributed by atoms with Gasteiger partial charge in [0.25, 0.3) is 5.91 Å². The smallest absolute Gasteiger partial charge is 0.340 e. The third-order valence-corrected chi connectivity index (χ3v) is 12.2. The average molecular weight is 794 g/mol. The predicted octanol–water partition coefficient (Wildman–Crippen LogP) is 5.33. The van der Waals surface area contributed by atoms with Crippen molar-refractivity contribution in [2.24, 2.45) is 4.99 Å². The number of esters is 1. The summed E-state index contributed by atoms with van der Waals surface area (Å²) in [6, 6.07) is 24.8. The molecule has 3 N–H and O–H groups in total. The molecular weight excluding hydrogens is 735 g/mol. The van der Waals surface area contributed by atoms with Crippen molar-refractivity contribution in [3.8, 4) is 0 Å². The lowest BCUT2D eigenvalue weighted by Crippen LogP contribution is -2.60. The summed E-state index contributed by atoms with van der Waals surface area (Å²) in [5.41, 5.74) is 3.13. The van der Waals surface area contributed by atoms with Gasteiger partial charge < -0.3 is 30.0 Å². The number of cyclic esters (lactones) is 1. The number of benzene rings is 3. The van der Waals surface area contributed by atoms with Gasteiger partial charge in [-0.05, 0) is 66.6 Å². The zero-order chi connectivity index (χ0) is 40.2. The largest absolute Gasteiger partial charge is 0.405 e. The first kappa shape index (κ1) is 41.7. The summed E-state index contributed by atoms with van der Waals surface area (Å²) in [4.78, 5) is 48.4. The van der Waals surface area contributed by atoms with Crippen LogP contribution in [0.2, 0.25) is 0 Å². The van der Waals surface area contributed by atoms with E-state index in [1.807, 2.05) is 66.7 Å². The van der Waals surface area contributed by atoms with E-state index in [0.29, 0.717) is 24.3 Å². The highest BCUT2D eigenvalue weighted by Gasteiger charge is 2.46. The minimum absolute atomic E-state index is 0.158. The Bertz CT molecular complexity index is 1830. The number of hydrogen-bond donors (Lipinski definition) is 3. The number of ether oxygens (including phenoxy) is 3. The van der Waals surface area contributed by atoms with Crippen LogP contribution in [0.25, 0.3) is 0 Å². The Morgan fingerprint density at radius 1 is 0.707 bits per heavy atom. The number of aliphatic imine (C=N–C) groups is 1. The van der Waals surface area contributed by atoms with E-state index < -0.39 is 17.1 Å². The number of nitrogens with one attached hydrogen (secondary N) is 2. The molecule has 3 aromatic rings. The summed E-state index contributed by atoms with van der Waals surface area (Å²) in [6.45, 7) is 8.49. The van der Waals surface area contributed by atoms with Gasteiger partial charge in [-0.15, -0.1) is 0 Å². The fourth-order valence-corrected chi connectivity index (χ4v) is 8.64. The van der Waals surface area contributed by atoms with Crippen molar-refractivity contribution in [1.82, 2.24) is 20.4 Å². The second-order valence-electron chi connectivity index (χ2n) is 16.3. The standard InChI is InChI=1S/C27H35N3O4.C19H24N2O3/c31-20-24(22-7-3-1-4-8-22)28-26(33)27(13-5-2-6-14-27)29-25(32)23-11-9-21(10-12-23)19-30-15-17-34-18-16-30;22-18-19(8-2-1-3-9-19)20-17(24-18)16-6-4-15(5-7-16)14-21-10-12-23-13-11-21/h1,3-4,7-12,24,31H,2,5-6,13-20H2,(H,28,33)(H,29,32);4-7H,1-3,8-14H2/t24-;/m1./s1. The number of hydrogen-bond acceptors (Lipinski definition) is 10. The van der Waals surface area contributed by atoms with Crippen molar-refractivity contribution in [3.05, 3.63) is 107 Å². The summed E-state index contributed by atoms with van der Waals surface area (Å²) in [5, 5.41) is 16.0. The summed E-state index contributed by atoms with van der Waals surface area (Å²) in [5.74, 6) is -0.128. The molecule has 3 heterocycles. The van der Waals surface area contributed by atoms with E-state index in [4.69, 9.17) is 19.2 Å². The third-order valence-electron chi connectivity index (χ3n) is 12.2. The normalized spacial score (nSPS) is 21.2. The van der Waals surface area contributed by atoms with Crippen LogP contribution >= 0.6 is 0 Å². The van der Waals surface area contributed by atoms with E-state index in [1.54, 1.807) is 0 Å². The molecule has 2 saturated heterocycles. The number of carbonyl (C=O) groups is 3. The zero-order valence-corrected chi connectivity index (χ0v) is 33.7. The molecule has 1 atom stereocenters. The highest BCUT2D eigenvalue weighted by Crippen LogP contribution is 2.37. The van der Waals surface area contributed by atoms with Crippen molar-refractivity contribution < 1.29 is 33.7 Å². The first-order valence-corrected chi connectivity index (χ1v) is 21.2. The van der Waals surface area contributed by atoms with Gasteiger partial charge in [0.05, 0.1) is 39.1 Å². The summed E-state index contributed by atoms with van der Waals surface area (Å²) >= 11 is 0. The van der Waals surface area contributed by atoms with Gasteiger partial charge >= 0.3 is 5.97 Å². The lowest BCUT2D eigenvalue weighted by Gasteiger charge is -2.37. The Morgan fingerprint density at radius 2 is 1.24 bits per heavy atom. The maximum Gasteiger partial charge on any atom is 0.340 e. The van der Waals surface area contributed by atoms with Crippen molar-refractivity contribution in [1.29, 1.82) is 0 Å². The van der Waals surface area contributed by atoms with Crippen molar-refractivity contribution in [2.75, 3.05) is 59.2 Å². The van der Waals surface area contributed by atoms with Gasteiger partial charge in [0.1, 0.15) is 5.54 Å². The van der Waals surface area contributed by atoms with E-state index in [9.17, 15) is 19.5 Å². The van der Waals surface area contributed by atoms with Gasteiger partial charge in [-0.3, -0.25) is 19.4 Å². The van der Waals surface area contributed by atoms with Crippen LogP contribution in [0.5, 0.6) is 0 Å². The highest BCUT2D eigenvalue weighted by molar-refractivity contribution is 6.08. The lowest BCUT2D eigenvalue weighted by molar-refractivity contribution is -0.140. The maximum atomic E-state index is 13.5. The molecule has 12 nitrogen and oxygen atoms in total. The molecule has 5 aliphatic rings. The molecule has 2 amide bonds. The van der Waals surface area contributed by atoms with E-state index in [-0.39, 0.29) is 24.4 Å². The molecule has 0 bridgehead atoms. The summed E-state index contributed by atoms with van der Waals surface area (Å²) in [6.07, 6.45) is 8.94. The summed E-state index contributed by atoms with van der Waals surface area (Å²) < 4.78 is 16.3. The number of amides is 2. The third kappa shape index (κ3) is 10.6. The Kier molecular flexibility index (Phi) is 14.4. The van der Waals surface area contributed by atoms with Crippen LogP contribution in [0, 0.1) is 0 Å². The number of nitrogens with zero attached hydrogens (tertiary/aromatic N) is 3. The first-order chi connectivity index (χ1) is 28.3. The molecule has 2 saturated carbocycles. The molecule has 0 unspecified atom stereocenters. The van der Waals surface area contributed by atoms with Crippen molar-refractivity contribution in [3.63, 3.8) is 0 Å². The van der Waals surface area contributed by atoms with Crippen LogP contribution in [0.15, 0.2) is 83.9 Å². The molecule has 0 aromatic heterocycles. The first-order valence-electron chi connectivity index (χ1n) is 21.2. The second-order valence-corrected chi connectivity index (χ2v) is 16.3. The Morgan fingerprint density at radius 3 is 1.79 bits per heavy atom. The van der Waals surface area contributed by atoms with Gasteiger partial charge in [0.2, 0.25) is 11.8 Å². The second kappa shape index (κ2) is 20.0. The molecule has 12 heteroatoms. The van der Waals surface area contributed by atoms with Crippen LogP contribution in [-0.2, 0) is 36.9 Å². The maximum absolute atomic E-state index is 13.5. The van der Waals surface area contributed by atoms with Crippen LogP contribution in [0.1, 0.15) is 103 Å². The van der Waals surface area contributed by atoms with Gasteiger partial charge in [-0.2, -0.15) is 0 Å². The molecule has 1 spiro atoms. The fourth-order valence-electron chi connectivity index (χ4n) is 8.64. The SMILES string of the molecule is O=C(NC1(C(=O)N[C@H](CO)c2ccccc2)CCCCC1)c1ccc(CN2CCOCC2)cc1.O=C1OC(c2ccc(CN3CCOCC3)cc2)=NC12CCCCC2. The summed E-state index contributed by atoms with van der Waals surface area (Å²) in [7, 11) is 0. The van der Waals surface area contributed by atoms with Crippen LogP contribution in [-0.4, -0.2) is 109 Å². The van der Waals surface area contributed by atoms with E-state index in [2.05, 4.69) is 32.6 Å². The molecule has 58 heavy (non-hydrogen) atoms. The minimum Gasteiger partial charge on any atom is -0.405 e. The Labute approximate surface area is 342 Å². The molecular formula is C46H59N5O7. The lowest BCUT2D eigenvalue weighted by atomic mass is 9.80. The fraction of sp³-hybridized carbons (Fsp3) is 0.522. The molecule has 310 valence electrons. The number of morpholine rings is 2. The number of aliphatic hydroxyl groups excluding tert-OH is 1. The van der Waals surface area contributed by atoms with E-state index in [1.165, 1.54) is 12.0 Å². The monoisotopic (exact) mass is 793 g/mol. The van der Waals surface area contributed by atoms with Crippen molar-refractivity contribution in [2.45, 2.75) is 94.4 Å². The molecule has 0 radical (unpaired) electrons. The zero-order valence-electron chi connectivity index (χ0n) is 33.7. The van der Waals surface area contributed by atoms with Gasteiger partial charge in [0.15, 0.2) is 5.54 Å². The van der Waals surface area contributed by atoms with Gasteiger partial charge in [-0.1, -0.05) is 93.1 Å². The van der Waals surface area contributed by atoms with Crippen LogP contribution in [0.4, 0.5) is 0 Å².